The van der Waals surface area contributed by atoms with Gasteiger partial charge in [0.05, 0.1) is 0 Å². The van der Waals surface area contributed by atoms with E-state index < -0.39 is 5.60 Å². The highest BCUT2D eigenvalue weighted by Gasteiger charge is 2.42. The molecule has 0 saturated carbocycles. The topological polar surface area (TPSA) is 43.4 Å². The van der Waals surface area contributed by atoms with Crippen molar-refractivity contribution in [2.24, 2.45) is 0 Å². The monoisotopic (exact) mass is 266 g/mol. The highest BCUT2D eigenvalue weighted by Crippen LogP contribution is 2.42. The number of ether oxygens (including phenoxy) is 1. The normalized spacial score (nSPS) is 15.2. The first-order chi connectivity index (χ1) is 9.54. The number of fused-ring (bicyclic) bond motifs is 2. The molecule has 0 bridgehead atoms. The van der Waals surface area contributed by atoms with E-state index in [1.54, 1.807) is 12.1 Å². The number of hydrogen-bond acceptors (Lipinski definition) is 3. The summed E-state index contributed by atoms with van der Waals surface area (Å²) in [5, 5.41) is 0. The van der Waals surface area contributed by atoms with Gasteiger partial charge in [0.1, 0.15) is 0 Å². The Morgan fingerprint density at radius 3 is 1.85 bits per heavy atom. The van der Waals surface area contributed by atoms with Crippen LogP contribution in [-0.2, 0) is 15.1 Å². The summed E-state index contributed by atoms with van der Waals surface area (Å²) in [4.78, 5) is 24.1. The molecule has 2 aromatic carbocycles. The van der Waals surface area contributed by atoms with Crippen LogP contribution in [0.25, 0.3) is 0 Å². The van der Waals surface area contributed by atoms with E-state index >= 15 is 0 Å². The first kappa shape index (κ1) is 12.6. The molecule has 1 aliphatic rings. The van der Waals surface area contributed by atoms with E-state index in [1.807, 2.05) is 43.3 Å². The lowest BCUT2D eigenvalue weighted by molar-refractivity contribution is -0.152. The van der Waals surface area contributed by atoms with Crippen LogP contribution in [0.2, 0.25) is 0 Å². The van der Waals surface area contributed by atoms with E-state index in [9.17, 15) is 9.59 Å². The lowest BCUT2D eigenvalue weighted by Crippen LogP contribution is -2.36. The van der Waals surface area contributed by atoms with Crippen molar-refractivity contribution in [1.29, 1.82) is 0 Å². The molecule has 0 amide bonds. The van der Waals surface area contributed by atoms with Gasteiger partial charge in [-0.15, -0.1) is 0 Å². The molecular formula is C17H14O3. The third-order valence-corrected chi connectivity index (χ3v) is 3.72. The molecule has 3 heteroatoms. The van der Waals surface area contributed by atoms with E-state index in [4.69, 9.17) is 4.74 Å². The highest BCUT2D eigenvalue weighted by atomic mass is 16.6. The van der Waals surface area contributed by atoms with Crippen LogP contribution in [0.1, 0.15) is 40.9 Å². The summed E-state index contributed by atoms with van der Waals surface area (Å²) in [6.07, 6.45) is 0. The zero-order valence-electron chi connectivity index (χ0n) is 11.3. The van der Waals surface area contributed by atoms with Crippen LogP contribution in [0.15, 0.2) is 48.5 Å². The van der Waals surface area contributed by atoms with Gasteiger partial charge in [0.2, 0.25) is 0 Å². The molecule has 0 aliphatic heterocycles. The number of hydrogen-bond donors (Lipinski definition) is 0. The summed E-state index contributed by atoms with van der Waals surface area (Å²) in [5.74, 6) is -0.396. The molecule has 0 heterocycles. The first-order valence-electron chi connectivity index (χ1n) is 6.47. The fourth-order valence-electron chi connectivity index (χ4n) is 2.88. The van der Waals surface area contributed by atoms with Crippen molar-refractivity contribution in [2.75, 3.05) is 0 Å². The van der Waals surface area contributed by atoms with Gasteiger partial charge in [-0.05, 0) is 6.92 Å². The number of rotatable bonds is 1. The smallest absolute Gasteiger partial charge is 0.303 e. The van der Waals surface area contributed by atoms with E-state index in [1.165, 1.54) is 6.92 Å². The Hall–Kier alpha value is -2.42. The molecule has 0 spiro atoms. The zero-order chi connectivity index (χ0) is 14.3. The van der Waals surface area contributed by atoms with Gasteiger partial charge in [0.15, 0.2) is 11.4 Å². The predicted octanol–water partition coefficient (Wildman–Crippen LogP) is 3.06. The van der Waals surface area contributed by atoms with Crippen molar-refractivity contribution >= 4 is 11.8 Å². The maximum absolute atomic E-state index is 12.5. The van der Waals surface area contributed by atoms with Crippen molar-refractivity contribution < 1.29 is 14.3 Å². The highest BCUT2D eigenvalue weighted by molar-refractivity contribution is 6.13. The SMILES string of the molecule is CC(=O)OC1(C)c2ccccc2C(=O)c2ccccc21. The number of benzene rings is 2. The summed E-state index contributed by atoms with van der Waals surface area (Å²) < 4.78 is 5.59. The van der Waals surface area contributed by atoms with Gasteiger partial charge in [-0.25, -0.2) is 0 Å². The first-order valence-corrected chi connectivity index (χ1v) is 6.47. The van der Waals surface area contributed by atoms with Crippen LogP contribution in [0.4, 0.5) is 0 Å². The largest absolute Gasteiger partial charge is 0.450 e. The molecule has 0 aromatic heterocycles. The lowest BCUT2D eigenvalue weighted by atomic mass is 9.75. The van der Waals surface area contributed by atoms with Crippen LogP contribution in [-0.4, -0.2) is 11.8 Å². The van der Waals surface area contributed by atoms with Crippen molar-refractivity contribution in [3.05, 3.63) is 70.8 Å². The molecule has 0 N–H and O–H groups in total. The quantitative estimate of drug-likeness (QED) is 0.745. The van der Waals surface area contributed by atoms with Crippen molar-refractivity contribution in [3.63, 3.8) is 0 Å². The molecule has 100 valence electrons. The fraction of sp³-hybridized carbons (Fsp3) is 0.176. The lowest BCUT2D eigenvalue weighted by Gasteiger charge is -2.36. The Morgan fingerprint density at radius 1 is 0.950 bits per heavy atom. The van der Waals surface area contributed by atoms with Gasteiger partial charge < -0.3 is 4.74 Å². The van der Waals surface area contributed by atoms with Gasteiger partial charge in [-0.2, -0.15) is 0 Å². The average molecular weight is 266 g/mol. The maximum Gasteiger partial charge on any atom is 0.303 e. The Kier molecular flexibility index (Phi) is 2.71. The number of esters is 1. The van der Waals surface area contributed by atoms with Gasteiger partial charge >= 0.3 is 5.97 Å². The second-order valence-electron chi connectivity index (χ2n) is 5.05. The van der Waals surface area contributed by atoms with Crippen LogP contribution in [0.3, 0.4) is 0 Å². The van der Waals surface area contributed by atoms with Crippen LogP contribution >= 0.6 is 0 Å². The van der Waals surface area contributed by atoms with Crippen molar-refractivity contribution in [2.45, 2.75) is 19.4 Å². The molecular weight excluding hydrogens is 252 g/mol. The molecule has 2 aromatic rings. The minimum absolute atomic E-state index is 0.0270. The van der Waals surface area contributed by atoms with Crippen LogP contribution in [0.5, 0.6) is 0 Å². The molecule has 1 aliphatic carbocycles. The third kappa shape index (κ3) is 1.67. The zero-order valence-corrected chi connectivity index (χ0v) is 11.3. The summed E-state index contributed by atoms with van der Waals surface area (Å²) >= 11 is 0. The number of carbonyl (C=O) groups is 2. The van der Waals surface area contributed by atoms with Gasteiger partial charge in [0.25, 0.3) is 0 Å². The molecule has 3 rings (SSSR count). The summed E-state index contributed by atoms with van der Waals surface area (Å²) in [5.41, 5.74) is 1.73. The second kappa shape index (κ2) is 4.30. The minimum atomic E-state index is -0.924. The van der Waals surface area contributed by atoms with E-state index in [0.29, 0.717) is 11.1 Å². The average Bonchev–Trinajstić information content (AvgIpc) is 2.45. The Labute approximate surface area is 117 Å². The second-order valence-corrected chi connectivity index (χ2v) is 5.05. The predicted molar refractivity (Wildman–Crippen MR) is 74.5 cm³/mol. The molecule has 20 heavy (non-hydrogen) atoms. The van der Waals surface area contributed by atoms with Crippen LogP contribution < -0.4 is 0 Å². The molecule has 3 nitrogen and oxygen atoms in total. The third-order valence-electron chi connectivity index (χ3n) is 3.72. The molecule has 0 unspecified atom stereocenters. The molecule has 0 saturated heterocycles. The standard InChI is InChI=1S/C17H14O3/c1-11(18)20-17(2)14-9-5-3-7-12(14)16(19)13-8-4-6-10-15(13)17/h3-10H,1-2H3. The number of carbonyl (C=O) groups excluding carboxylic acids is 2. The van der Waals surface area contributed by atoms with E-state index in [2.05, 4.69) is 0 Å². The van der Waals surface area contributed by atoms with E-state index in [0.717, 1.165) is 11.1 Å². The summed E-state index contributed by atoms with van der Waals surface area (Å²) in [7, 11) is 0. The van der Waals surface area contributed by atoms with Crippen LogP contribution in [0, 0.1) is 0 Å². The van der Waals surface area contributed by atoms with Crippen molar-refractivity contribution in [3.8, 4) is 0 Å². The molecule has 0 radical (unpaired) electrons. The van der Waals surface area contributed by atoms with Gasteiger partial charge in [-0.1, -0.05) is 48.5 Å². The Balaban J connectivity index is 2.33. The summed E-state index contributed by atoms with van der Waals surface area (Å²) in [6.45, 7) is 3.21. The van der Waals surface area contributed by atoms with E-state index in [-0.39, 0.29) is 11.8 Å². The molecule has 0 atom stereocenters. The Morgan fingerprint density at radius 2 is 1.40 bits per heavy atom. The fourth-order valence-corrected chi connectivity index (χ4v) is 2.88. The van der Waals surface area contributed by atoms with Gasteiger partial charge in [0, 0.05) is 29.2 Å². The maximum atomic E-state index is 12.5. The van der Waals surface area contributed by atoms with Crippen molar-refractivity contribution in [1.82, 2.24) is 0 Å². The van der Waals surface area contributed by atoms with Gasteiger partial charge in [-0.3, -0.25) is 9.59 Å². The number of ketones is 1. The molecule has 0 fully saturated rings. The minimum Gasteiger partial charge on any atom is -0.450 e. The summed E-state index contributed by atoms with van der Waals surface area (Å²) in [6, 6.07) is 14.6. The Bertz CT molecular complexity index is 666.